The molecule has 0 radical (unpaired) electrons. The molecule has 13 heavy (non-hydrogen) atoms. The molecule has 0 spiro atoms. The molecule has 0 aromatic rings. The predicted octanol–water partition coefficient (Wildman–Crippen LogP) is 3.39. The van der Waals surface area contributed by atoms with Crippen LogP contribution in [0.2, 0.25) is 0 Å². The lowest BCUT2D eigenvalue weighted by molar-refractivity contribution is 0.0163. The first kappa shape index (κ1) is 13.3. The minimum atomic E-state index is 0.374. The van der Waals surface area contributed by atoms with Crippen LogP contribution in [-0.4, -0.2) is 18.5 Å². The smallest absolute Gasteiger partial charge is 0.0570 e. The van der Waals surface area contributed by atoms with Crippen molar-refractivity contribution >= 4 is 12.6 Å². The Morgan fingerprint density at radius 1 is 1.23 bits per heavy atom. The van der Waals surface area contributed by atoms with Crippen LogP contribution in [0.15, 0.2) is 0 Å². The minimum Gasteiger partial charge on any atom is -0.378 e. The fourth-order valence-corrected chi connectivity index (χ4v) is 1.40. The van der Waals surface area contributed by atoms with E-state index in [4.69, 9.17) is 4.74 Å². The summed E-state index contributed by atoms with van der Waals surface area (Å²) < 4.78 is 5.76. The molecule has 2 unspecified atom stereocenters. The third-order valence-electron chi connectivity index (χ3n) is 2.49. The molecule has 80 valence electrons. The number of rotatable bonds is 7. The van der Waals surface area contributed by atoms with Gasteiger partial charge in [0.2, 0.25) is 0 Å². The molecule has 0 N–H and O–H groups in total. The summed E-state index contributed by atoms with van der Waals surface area (Å²) in [7, 11) is 0. The monoisotopic (exact) mass is 204 g/mol. The second-order valence-corrected chi connectivity index (χ2v) is 4.48. The Balaban J connectivity index is 3.58. The molecule has 1 nitrogen and oxygen atoms in total. The quantitative estimate of drug-likeness (QED) is 0.625. The van der Waals surface area contributed by atoms with Crippen LogP contribution in [0, 0.1) is 11.8 Å². The number of hydrogen-bond donors (Lipinski definition) is 1. The lowest BCUT2D eigenvalue weighted by atomic mass is 10.1. The van der Waals surface area contributed by atoms with Crippen molar-refractivity contribution in [2.24, 2.45) is 11.8 Å². The van der Waals surface area contributed by atoms with Gasteiger partial charge in [-0.05, 0) is 30.9 Å². The molecule has 0 bridgehead atoms. The van der Waals surface area contributed by atoms with Crippen molar-refractivity contribution in [1.29, 1.82) is 0 Å². The first-order valence-corrected chi connectivity index (χ1v) is 5.97. The fraction of sp³-hybridized carbons (Fsp3) is 1.00. The molecule has 0 rings (SSSR count). The van der Waals surface area contributed by atoms with E-state index < -0.39 is 0 Å². The second kappa shape index (κ2) is 7.69. The van der Waals surface area contributed by atoms with Gasteiger partial charge in [-0.25, -0.2) is 0 Å². The van der Waals surface area contributed by atoms with Gasteiger partial charge in [-0.1, -0.05) is 27.2 Å². The molecule has 2 heteroatoms. The van der Waals surface area contributed by atoms with Gasteiger partial charge in [0, 0.05) is 0 Å². The summed E-state index contributed by atoms with van der Waals surface area (Å²) in [4.78, 5) is 0. The van der Waals surface area contributed by atoms with E-state index in [2.05, 4.69) is 40.3 Å². The van der Waals surface area contributed by atoms with Gasteiger partial charge in [0.05, 0.1) is 12.7 Å². The number of ether oxygens (including phenoxy) is 1. The molecule has 0 aliphatic heterocycles. The lowest BCUT2D eigenvalue weighted by Crippen LogP contribution is -2.21. The third kappa shape index (κ3) is 6.39. The van der Waals surface area contributed by atoms with Crippen LogP contribution in [0.1, 0.15) is 40.5 Å². The molecular weight excluding hydrogens is 180 g/mol. The van der Waals surface area contributed by atoms with Gasteiger partial charge in [0.25, 0.3) is 0 Å². The van der Waals surface area contributed by atoms with Gasteiger partial charge in [-0.3, -0.25) is 0 Å². The Kier molecular flexibility index (Phi) is 7.87. The van der Waals surface area contributed by atoms with Crippen molar-refractivity contribution in [3.05, 3.63) is 0 Å². The molecule has 0 saturated heterocycles. The summed E-state index contributed by atoms with van der Waals surface area (Å²) >= 11 is 4.32. The predicted molar refractivity (Wildman–Crippen MR) is 62.5 cm³/mol. The van der Waals surface area contributed by atoms with Gasteiger partial charge in [0.15, 0.2) is 0 Å². The molecule has 0 fully saturated rings. The maximum Gasteiger partial charge on any atom is 0.0570 e. The van der Waals surface area contributed by atoms with Crippen molar-refractivity contribution < 1.29 is 4.74 Å². The normalized spacial score (nSPS) is 16.2. The maximum atomic E-state index is 5.76. The van der Waals surface area contributed by atoms with Crippen molar-refractivity contribution in [3.63, 3.8) is 0 Å². The number of thiol groups is 1. The van der Waals surface area contributed by atoms with Gasteiger partial charge in [-0.15, -0.1) is 0 Å². The van der Waals surface area contributed by atoms with E-state index in [1.807, 2.05) is 0 Å². The first-order valence-electron chi connectivity index (χ1n) is 5.34. The fourth-order valence-electron chi connectivity index (χ4n) is 1.12. The molecule has 2 atom stereocenters. The van der Waals surface area contributed by atoms with Crippen LogP contribution in [0.25, 0.3) is 0 Å². The molecule has 0 aromatic carbocycles. The molecule has 0 aliphatic carbocycles. The largest absolute Gasteiger partial charge is 0.378 e. The molecule has 0 aliphatic rings. The zero-order valence-corrected chi connectivity index (χ0v) is 10.3. The zero-order valence-electron chi connectivity index (χ0n) is 9.42. The van der Waals surface area contributed by atoms with E-state index in [-0.39, 0.29) is 0 Å². The topological polar surface area (TPSA) is 9.23 Å². The van der Waals surface area contributed by atoms with Crippen molar-refractivity contribution in [2.45, 2.75) is 46.6 Å². The van der Waals surface area contributed by atoms with E-state index >= 15 is 0 Å². The standard InChI is InChI=1S/C11H24OS/c1-5-6-11(8-13)7-12-10(4)9(2)3/h9-11,13H,5-8H2,1-4H3. The Morgan fingerprint density at radius 3 is 2.23 bits per heavy atom. The summed E-state index contributed by atoms with van der Waals surface area (Å²) in [6.45, 7) is 9.62. The average molecular weight is 204 g/mol. The highest BCUT2D eigenvalue weighted by atomic mass is 32.1. The van der Waals surface area contributed by atoms with Crippen LogP contribution in [0.3, 0.4) is 0 Å². The van der Waals surface area contributed by atoms with Gasteiger partial charge in [0.1, 0.15) is 0 Å². The SMILES string of the molecule is CCCC(CS)COC(C)C(C)C. The summed E-state index contributed by atoms with van der Waals surface area (Å²) in [6, 6.07) is 0. The average Bonchev–Trinajstić information content (AvgIpc) is 2.11. The Bertz CT molecular complexity index is 115. The van der Waals surface area contributed by atoms with Crippen LogP contribution < -0.4 is 0 Å². The van der Waals surface area contributed by atoms with E-state index in [1.165, 1.54) is 12.8 Å². The highest BCUT2D eigenvalue weighted by Crippen LogP contribution is 2.12. The second-order valence-electron chi connectivity index (χ2n) is 4.12. The molecular formula is C11H24OS. The van der Waals surface area contributed by atoms with Crippen molar-refractivity contribution in [1.82, 2.24) is 0 Å². The van der Waals surface area contributed by atoms with Crippen LogP contribution in [0.5, 0.6) is 0 Å². The molecule has 0 saturated carbocycles. The summed E-state index contributed by atoms with van der Waals surface area (Å²) in [5.74, 6) is 2.19. The van der Waals surface area contributed by atoms with Gasteiger partial charge >= 0.3 is 0 Å². The minimum absolute atomic E-state index is 0.374. The van der Waals surface area contributed by atoms with Gasteiger partial charge < -0.3 is 4.74 Å². The molecule has 0 aromatic heterocycles. The van der Waals surface area contributed by atoms with E-state index in [9.17, 15) is 0 Å². The Labute approximate surface area is 88.7 Å². The van der Waals surface area contributed by atoms with Crippen LogP contribution in [0.4, 0.5) is 0 Å². The van der Waals surface area contributed by atoms with Crippen molar-refractivity contribution in [2.75, 3.05) is 12.4 Å². The Hall–Kier alpha value is 0.310. The van der Waals surface area contributed by atoms with Crippen molar-refractivity contribution in [3.8, 4) is 0 Å². The molecule has 0 amide bonds. The maximum absolute atomic E-state index is 5.76. The summed E-state index contributed by atoms with van der Waals surface area (Å²) in [5, 5.41) is 0. The highest BCUT2D eigenvalue weighted by Gasteiger charge is 2.11. The summed E-state index contributed by atoms with van der Waals surface area (Å²) in [5.41, 5.74) is 0. The van der Waals surface area contributed by atoms with Crippen LogP contribution in [-0.2, 0) is 4.74 Å². The van der Waals surface area contributed by atoms with Crippen LogP contribution >= 0.6 is 12.6 Å². The molecule has 0 heterocycles. The number of hydrogen-bond acceptors (Lipinski definition) is 2. The Morgan fingerprint density at radius 2 is 1.85 bits per heavy atom. The first-order chi connectivity index (χ1) is 6.11. The van der Waals surface area contributed by atoms with E-state index in [0.29, 0.717) is 17.9 Å². The zero-order chi connectivity index (χ0) is 10.3. The van der Waals surface area contributed by atoms with E-state index in [0.717, 1.165) is 12.4 Å². The summed E-state index contributed by atoms with van der Waals surface area (Å²) in [6.07, 6.45) is 2.83. The highest BCUT2D eigenvalue weighted by molar-refractivity contribution is 7.80. The lowest BCUT2D eigenvalue weighted by Gasteiger charge is -2.20. The van der Waals surface area contributed by atoms with Gasteiger partial charge in [-0.2, -0.15) is 12.6 Å². The third-order valence-corrected chi connectivity index (χ3v) is 3.01. The van der Waals surface area contributed by atoms with E-state index in [1.54, 1.807) is 0 Å².